The number of anilines is 1. The number of piperazine rings is 1. The highest BCUT2D eigenvalue weighted by Gasteiger charge is 2.43. The second kappa shape index (κ2) is 6.00. The van der Waals surface area contributed by atoms with Crippen LogP contribution in [0.15, 0.2) is 11.6 Å². The van der Waals surface area contributed by atoms with Crippen molar-refractivity contribution >= 4 is 16.5 Å². The van der Waals surface area contributed by atoms with E-state index in [-0.39, 0.29) is 5.54 Å². The third-order valence-corrected chi connectivity index (χ3v) is 6.20. The van der Waals surface area contributed by atoms with Crippen LogP contribution in [-0.2, 0) is 0 Å². The van der Waals surface area contributed by atoms with E-state index in [0.29, 0.717) is 0 Å². The predicted molar refractivity (Wildman–Crippen MR) is 85.3 cm³/mol. The summed E-state index contributed by atoms with van der Waals surface area (Å²) >= 11 is 1.74. The lowest BCUT2D eigenvalue weighted by Crippen LogP contribution is -2.64. The summed E-state index contributed by atoms with van der Waals surface area (Å²) < 4.78 is 0. The molecule has 2 aliphatic rings. The lowest BCUT2D eigenvalue weighted by Gasteiger charge is -2.52. The molecule has 1 aliphatic carbocycles. The summed E-state index contributed by atoms with van der Waals surface area (Å²) in [6, 6.07) is 0. The Morgan fingerprint density at radius 3 is 2.75 bits per heavy atom. The molecule has 20 heavy (non-hydrogen) atoms. The fourth-order valence-electron chi connectivity index (χ4n) is 4.01. The van der Waals surface area contributed by atoms with Crippen molar-refractivity contribution in [3.05, 3.63) is 11.6 Å². The van der Waals surface area contributed by atoms with Crippen molar-refractivity contribution in [1.82, 2.24) is 9.88 Å². The lowest BCUT2D eigenvalue weighted by molar-refractivity contribution is 0.00933. The summed E-state index contributed by atoms with van der Waals surface area (Å²) in [7, 11) is 0. The number of nitrogens with zero attached hydrogens (tertiary/aromatic N) is 3. The van der Waals surface area contributed by atoms with Crippen LogP contribution in [0.3, 0.4) is 0 Å². The zero-order valence-electron chi connectivity index (χ0n) is 12.4. The first kappa shape index (κ1) is 14.3. The molecule has 5 heteroatoms. The Morgan fingerprint density at radius 2 is 2.15 bits per heavy atom. The maximum atomic E-state index is 6.22. The van der Waals surface area contributed by atoms with E-state index < -0.39 is 0 Å². The van der Waals surface area contributed by atoms with Crippen LogP contribution in [-0.4, -0.2) is 48.1 Å². The van der Waals surface area contributed by atoms with Crippen LogP contribution in [0.25, 0.3) is 0 Å². The molecule has 1 saturated carbocycles. The molecule has 2 fully saturated rings. The number of aromatic nitrogens is 1. The summed E-state index contributed by atoms with van der Waals surface area (Å²) in [5.41, 5.74) is 6.48. The Hall–Kier alpha value is -0.650. The second-order valence-electron chi connectivity index (χ2n) is 6.24. The highest BCUT2D eigenvalue weighted by Crippen LogP contribution is 2.38. The highest BCUT2D eigenvalue weighted by atomic mass is 32.1. The number of thiazole rings is 1. The van der Waals surface area contributed by atoms with E-state index in [1.165, 1.54) is 30.8 Å². The highest BCUT2D eigenvalue weighted by molar-refractivity contribution is 7.13. The molecule has 3 rings (SSSR count). The normalized spacial score (nSPS) is 32.5. The fourth-order valence-corrected chi connectivity index (χ4v) is 4.71. The van der Waals surface area contributed by atoms with Gasteiger partial charge in [-0.25, -0.2) is 4.98 Å². The van der Waals surface area contributed by atoms with Gasteiger partial charge in [0.05, 0.1) is 0 Å². The summed E-state index contributed by atoms with van der Waals surface area (Å²) in [6.45, 7) is 7.64. The van der Waals surface area contributed by atoms with Gasteiger partial charge in [0.25, 0.3) is 0 Å². The van der Waals surface area contributed by atoms with Crippen LogP contribution in [0.2, 0.25) is 0 Å². The molecule has 1 aromatic heterocycles. The molecule has 1 saturated heterocycles. The minimum absolute atomic E-state index is 0.257. The van der Waals surface area contributed by atoms with E-state index in [1.807, 2.05) is 6.20 Å². The van der Waals surface area contributed by atoms with Crippen molar-refractivity contribution in [3.8, 4) is 0 Å². The first-order chi connectivity index (χ1) is 9.76. The Bertz CT molecular complexity index is 414. The van der Waals surface area contributed by atoms with E-state index in [1.54, 1.807) is 11.3 Å². The topological polar surface area (TPSA) is 45.4 Å². The van der Waals surface area contributed by atoms with E-state index in [0.717, 1.165) is 38.6 Å². The van der Waals surface area contributed by atoms with Gasteiger partial charge in [-0.15, -0.1) is 11.3 Å². The first-order valence-electron chi connectivity index (χ1n) is 7.86. The Morgan fingerprint density at radius 1 is 1.35 bits per heavy atom. The van der Waals surface area contributed by atoms with Gasteiger partial charge in [-0.2, -0.15) is 0 Å². The molecule has 2 atom stereocenters. The van der Waals surface area contributed by atoms with Gasteiger partial charge in [0.2, 0.25) is 0 Å². The maximum absolute atomic E-state index is 6.22. The molecule has 2 heterocycles. The Labute approximate surface area is 126 Å². The Balaban J connectivity index is 1.67. The van der Waals surface area contributed by atoms with E-state index in [4.69, 9.17) is 5.73 Å². The molecule has 112 valence electrons. The van der Waals surface area contributed by atoms with Gasteiger partial charge >= 0.3 is 0 Å². The van der Waals surface area contributed by atoms with Crippen LogP contribution < -0.4 is 10.6 Å². The van der Waals surface area contributed by atoms with Gasteiger partial charge in [0.15, 0.2) is 5.13 Å². The fraction of sp³-hybridized carbons (Fsp3) is 0.800. The average Bonchev–Trinajstić information content (AvgIpc) is 3.03. The van der Waals surface area contributed by atoms with Crippen molar-refractivity contribution in [2.24, 2.45) is 11.7 Å². The van der Waals surface area contributed by atoms with Gasteiger partial charge in [-0.1, -0.05) is 19.8 Å². The molecule has 0 amide bonds. The van der Waals surface area contributed by atoms with Crippen molar-refractivity contribution in [3.63, 3.8) is 0 Å². The smallest absolute Gasteiger partial charge is 0.185 e. The molecule has 4 nitrogen and oxygen atoms in total. The lowest BCUT2D eigenvalue weighted by atomic mass is 9.72. The molecule has 1 aliphatic heterocycles. The zero-order chi connectivity index (χ0) is 14.0. The van der Waals surface area contributed by atoms with Crippen molar-refractivity contribution in [1.29, 1.82) is 0 Å². The standard InChI is InChI=1S/C15H26N4S/c1-13-4-2-3-5-15(13,12-16)19-9-7-18(8-10-19)14-17-6-11-20-14/h6,11,13H,2-5,7-10,12,16H2,1H3. The van der Waals surface area contributed by atoms with E-state index >= 15 is 0 Å². The molecular weight excluding hydrogens is 268 g/mol. The molecule has 0 spiro atoms. The predicted octanol–water partition coefficient (Wildman–Crippen LogP) is 2.17. The van der Waals surface area contributed by atoms with Gasteiger partial charge in [0.1, 0.15) is 0 Å². The quantitative estimate of drug-likeness (QED) is 0.928. The van der Waals surface area contributed by atoms with Gasteiger partial charge < -0.3 is 10.6 Å². The van der Waals surface area contributed by atoms with Crippen LogP contribution in [0.5, 0.6) is 0 Å². The van der Waals surface area contributed by atoms with Crippen LogP contribution in [0.4, 0.5) is 5.13 Å². The van der Waals surface area contributed by atoms with Gasteiger partial charge in [-0.05, 0) is 18.8 Å². The summed E-state index contributed by atoms with van der Waals surface area (Å²) in [5, 5.41) is 3.23. The zero-order valence-corrected chi connectivity index (χ0v) is 13.2. The van der Waals surface area contributed by atoms with Crippen molar-refractivity contribution in [2.45, 2.75) is 38.1 Å². The molecule has 0 radical (unpaired) electrons. The minimum Gasteiger partial charge on any atom is -0.346 e. The largest absolute Gasteiger partial charge is 0.346 e. The van der Waals surface area contributed by atoms with Gasteiger partial charge in [0, 0.05) is 49.8 Å². The van der Waals surface area contributed by atoms with Crippen molar-refractivity contribution in [2.75, 3.05) is 37.6 Å². The molecular formula is C15H26N4S. The molecule has 0 bridgehead atoms. The van der Waals surface area contributed by atoms with Crippen LogP contribution in [0.1, 0.15) is 32.6 Å². The average molecular weight is 294 g/mol. The minimum atomic E-state index is 0.257. The third kappa shape index (κ3) is 2.47. The Kier molecular flexibility index (Phi) is 4.29. The van der Waals surface area contributed by atoms with Crippen molar-refractivity contribution < 1.29 is 0 Å². The monoisotopic (exact) mass is 294 g/mol. The van der Waals surface area contributed by atoms with Crippen LogP contribution in [0, 0.1) is 5.92 Å². The maximum Gasteiger partial charge on any atom is 0.185 e. The number of nitrogens with two attached hydrogens (primary N) is 1. The third-order valence-electron chi connectivity index (χ3n) is 5.37. The molecule has 1 aromatic rings. The molecule has 0 aromatic carbocycles. The number of hydrogen-bond donors (Lipinski definition) is 1. The summed E-state index contributed by atoms with van der Waals surface area (Å²) in [5.74, 6) is 0.729. The number of rotatable bonds is 3. The summed E-state index contributed by atoms with van der Waals surface area (Å²) in [4.78, 5) is 9.53. The second-order valence-corrected chi connectivity index (χ2v) is 7.12. The molecule has 2 N–H and O–H groups in total. The molecule has 2 unspecified atom stereocenters. The van der Waals surface area contributed by atoms with Gasteiger partial charge in [-0.3, -0.25) is 4.90 Å². The van der Waals surface area contributed by atoms with E-state index in [2.05, 4.69) is 27.1 Å². The SMILES string of the molecule is CC1CCCCC1(CN)N1CCN(c2nccs2)CC1. The van der Waals surface area contributed by atoms with Crippen LogP contribution >= 0.6 is 11.3 Å². The number of hydrogen-bond acceptors (Lipinski definition) is 5. The summed E-state index contributed by atoms with van der Waals surface area (Å²) in [6.07, 6.45) is 7.24. The first-order valence-corrected chi connectivity index (χ1v) is 8.74. The van der Waals surface area contributed by atoms with E-state index in [9.17, 15) is 0 Å².